The molecule has 0 unspecified atom stereocenters. The Hall–Kier alpha value is -2.31. The predicted molar refractivity (Wildman–Crippen MR) is 114 cm³/mol. The third-order valence-corrected chi connectivity index (χ3v) is 5.82. The summed E-state index contributed by atoms with van der Waals surface area (Å²) in [6, 6.07) is 10.4. The lowest BCUT2D eigenvalue weighted by atomic mass is 10.2. The van der Waals surface area contributed by atoms with Gasteiger partial charge in [0, 0.05) is 42.1 Å². The van der Waals surface area contributed by atoms with Gasteiger partial charge in [0.15, 0.2) is 10.9 Å². The van der Waals surface area contributed by atoms with Crippen molar-refractivity contribution >= 4 is 17.5 Å². The number of methoxy groups -OCH3 is 1. The van der Waals surface area contributed by atoms with E-state index in [2.05, 4.69) is 35.5 Å². The number of hydrogen-bond acceptors (Lipinski definition) is 4. The number of aromatic nitrogens is 3. The minimum Gasteiger partial charge on any atom is -0.383 e. The van der Waals surface area contributed by atoms with Crippen LogP contribution in [0.4, 0.5) is 0 Å². The topological polar surface area (TPSA) is 49.1 Å². The van der Waals surface area contributed by atoms with Crippen LogP contribution < -0.4 is 0 Å². The molecule has 0 saturated carbocycles. The molecule has 0 aliphatic heterocycles. The summed E-state index contributed by atoms with van der Waals surface area (Å²) in [5, 5.41) is 0.820. The van der Waals surface area contributed by atoms with Gasteiger partial charge in [0.2, 0.25) is 0 Å². The first-order chi connectivity index (χ1) is 13.4. The van der Waals surface area contributed by atoms with E-state index in [0.717, 1.165) is 27.8 Å². The molecule has 2 aromatic heterocycles. The predicted octanol–water partition coefficient (Wildman–Crippen LogP) is 4.78. The Bertz CT molecular complexity index is 974. The Morgan fingerprint density at radius 3 is 2.75 bits per heavy atom. The van der Waals surface area contributed by atoms with Crippen LogP contribution in [-0.4, -0.2) is 39.4 Å². The van der Waals surface area contributed by atoms with Crippen LogP contribution in [-0.2, 0) is 4.74 Å². The van der Waals surface area contributed by atoms with Gasteiger partial charge in [0.1, 0.15) is 0 Å². The van der Waals surface area contributed by atoms with Crippen LogP contribution in [0, 0.1) is 20.8 Å². The van der Waals surface area contributed by atoms with E-state index < -0.39 is 0 Å². The quantitative estimate of drug-likeness (QED) is 0.405. The maximum atomic E-state index is 12.9. The second-order valence-electron chi connectivity index (χ2n) is 7.09. The number of carbonyl (C=O) groups is 1. The van der Waals surface area contributed by atoms with Crippen LogP contribution in [0.3, 0.4) is 0 Å². The molecular formula is C22H27N3O2S. The van der Waals surface area contributed by atoms with E-state index in [0.29, 0.717) is 12.4 Å². The largest absolute Gasteiger partial charge is 0.383 e. The molecule has 0 fully saturated rings. The molecule has 0 aliphatic rings. The Morgan fingerprint density at radius 2 is 2.04 bits per heavy atom. The van der Waals surface area contributed by atoms with E-state index in [1.165, 1.54) is 17.3 Å². The fraction of sp³-hybridized carbons (Fsp3) is 0.364. The average Bonchev–Trinajstić information content (AvgIpc) is 3.24. The Labute approximate surface area is 170 Å². The number of carbonyl (C=O) groups excluding carboxylic acids is 1. The van der Waals surface area contributed by atoms with Gasteiger partial charge in [0.25, 0.3) is 0 Å². The van der Waals surface area contributed by atoms with Crippen molar-refractivity contribution in [2.24, 2.45) is 0 Å². The number of thioether (sulfide) groups is 1. The molecule has 148 valence electrons. The first-order valence-corrected chi connectivity index (χ1v) is 10.3. The van der Waals surface area contributed by atoms with Gasteiger partial charge < -0.3 is 9.30 Å². The summed E-state index contributed by atoms with van der Waals surface area (Å²) in [7, 11) is 1.70. The van der Waals surface area contributed by atoms with Crippen LogP contribution in [0.5, 0.6) is 0 Å². The molecule has 1 atom stereocenters. The van der Waals surface area contributed by atoms with Crippen LogP contribution in [0.25, 0.3) is 5.69 Å². The van der Waals surface area contributed by atoms with Crippen molar-refractivity contribution < 1.29 is 9.53 Å². The number of hydrogen-bond donors (Lipinski definition) is 0. The molecule has 0 saturated heterocycles. The summed E-state index contributed by atoms with van der Waals surface area (Å²) in [5.74, 6) is 0.471. The number of imidazole rings is 1. The Balaban J connectivity index is 1.76. The van der Waals surface area contributed by atoms with Crippen LogP contribution in [0.1, 0.15) is 40.3 Å². The third-order valence-electron chi connectivity index (χ3n) is 4.85. The Morgan fingerprint density at radius 1 is 1.25 bits per heavy atom. The Kier molecular flexibility index (Phi) is 6.42. The SMILES string of the molecule is COC[C@@H](C)n1c(C)cc(C(=O)CSc2nccn2-c2cccc(C)c2)c1C. The highest BCUT2D eigenvalue weighted by atomic mass is 32.2. The maximum absolute atomic E-state index is 12.9. The van der Waals surface area contributed by atoms with Gasteiger partial charge in [-0.05, 0) is 51.5 Å². The number of benzene rings is 1. The molecule has 0 radical (unpaired) electrons. The van der Waals surface area contributed by atoms with E-state index in [1.807, 2.05) is 42.8 Å². The fourth-order valence-corrected chi connectivity index (χ4v) is 4.49. The zero-order chi connectivity index (χ0) is 20.3. The van der Waals surface area contributed by atoms with Crippen molar-refractivity contribution in [1.82, 2.24) is 14.1 Å². The molecule has 3 aromatic rings. The molecule has 1 aromatic carbocycles. The van der Waals surface area contributed by atoms with Gasteiger partial charge in [-0.15, -0.1) is 0 Å². The molecule has 0 spiro atoms. The summed E-state index contributed by atoms with van der Waals surface area (Å²) in [5.41, 5.74) is 5.10. The summed E-state index contributed by atoms with van der Waals surface area (Å²) < 4.78 is 9.48. The number of rotatable bonds is 8. The zero-order valence-electron chi connectivity index (χ0n) is 17.1. The van der Waals surface area contributed by atoms with Gasteiger partial charge in [-0.1, -0.05) is 23.9 Å². The second kappa shape index (κ2) is 8.80. The van der Waals surface area contributed by atoms with Crippen LogP contribution in [0.2, 0.25) is 0 Å². The lowest BCUT2D eigenvalue weighted by Crippen LogP contribution is -2.14. The second-order valence-corrected chi connectivity index (χ2v) is 8.03. The van der Waals surface area contributed by atoms with Gasteiger partial charge in [0.05, 0.1) is 18.4 Å². The van der Waals surface area contributed by atoms with Crippen molar-refractivity contribution in [3.63, 3.8) is 0 Å². The average molecular weight is 398 g/mol. The molecule has 5 nitrogen and oxygen atoms in total. The van der Waals surface area contributed by atoms with Crippen molar-refractivity contribution in [2.75, 3.05) is 19.5 Å². The number of aryl methyl sites for hydroxylation is 2. The van der Waals surface area contributed by atoms with Crippen molar-refractivity contribution in [3.8, 4) is 5.69 Å². The van der Waals surface area contributed by atoms with Gasteiger partial charge in [-0.25, -0.2) is 4.98 Å². The molecule has 6 heteroatoms. The van der Waals surface area contributed by atoms with Crippen LogP contribution in [0.15, 0.2) is 47.9 Å². The molecule has 3 rings (SSSR count). The van der Waals surface area contributed by atoms with E-state index in [1.54, 1.807) is 13.3 Å². The van der Waals surface area contributed by atoms with Gasteiger partial charge >= 0.3 is 0 Å². The highest BCUT2D eigenvalue weighted by Crippen LogP contribution is 2.25. The monoisotopic (exact) mass is 397 g/mol. The molecule has 0 aliphatic carbocycles. The summed E-state index contributed by atoms with van der Waals surface area (Å²) in [4.78, 5) is 17.3. The standard InChI is InChI=1S/C22H27N3O2S/c1-15-7-6-8-19(11-15)24-10-9-23-22(24)28-14-21(26)20-12-16(2)25(18(20)4)17(3)13-27-5/h6-12,17H,13-14H2,1-5H3/t17-/m1/s1. The van der Waals surface area contributed by atoms with E-state index in [-0.39, 0.29) is 11.8 Å². The van der Waals surface area contributed by atoms with Crippen molar-refractivity contribution in [3.05, 3.63) is 65.2 Å². The van der Waals surface area contributed by atoms with Gasteiger partial charge in [-0.2, -0.15) is 0 Å². The van der Waals surface area contributed by atoms with E-state index in [4.69, 9.17) is 4.74 Å². The smallest absolute Gasteiger partial charge is 0.175 e. The fourth-order valence-electron chi connectivity index (χ4n) is 3.63. The number of ketones is 1. The lowest BCUT2D eigenvalue weighted by Gasteiger charge is -2.17. The highest BCUT2D eigenvalue weighted by molar-refractivity contribution is 7.99. The number of nitrogens with zero attached hydrogens (tertiary/aromatic N) is 3. The minimum atomic E-state index is 0.118. The lowest BCUT2D eigenvalue weighted by molar-refractivity contribution is 0.102. The minimum absolute atomic E-state index is 0.118. The maximum Gasteiger partial charge on any atom is 0.175 e. The van der Waals surface area contributed by atoms with Crippen molar-refractivity contribution in [2.45, 2.75) is 38.9 Å². The molecule has 0 N–H and O–H groups in total. The summed E-state index contributed by atoms with van der Waals surface area (Å²) in [6.45, 7) is 8.83. The van der Waals surface area contributed by atoms with Gasteiger partial charge in [-0.3, -0.25) is 9.36 Å². The van der Waals surface area contributed by atoms with Crippen LogP contribution >= 0.6 is 11.8 Å². The normalized spacial score (nSPS) is 12.3. The summed E-state index contributed by atoms with van der Waals surface area (Å²) >= 11 is 1.47. The summed E-state index contributed by atoms with van der Waals surface area (Å²) in [6.07, 6.45) is 3.70. The molecule has 28 heavy (non-hydrogen) atoms. The molecule has 0 bridgehead atoms. The first-order valence-electron chi connectivity index (χ1n) is 9.36. The highest BCUT2D eigenvalue weighted by Gasteiger charge is 2.19. The number of Topliss-reactive ketones (excluding diaryl/α,β-unsaturated/α-hetero) is 1. The first kappa shape index (κ1) is 20.4. The number of ether oxygens (including phenoxy) is 1. The molecule has 2 heterocycles. The third kappa shape index (κ3) is 4.23. The van der Waals surface area contributed by atoms with E-state index in [9.17, 15) is 4.79 Å². The van der Waals surface area contributed by atoms with E-state index >= 15 is 0 Å². The molecular weight excluding hydrogens is 370 g/mol. The van der Waals surface area contributed by atoms with Crippen molar-refractivity contribution in [1.29, 1.82) is 0 Å². The molecule has 0 amide bonds. The zero-order valence-corrected chi connectivity index (χ0v) is 17.9.